The van der Waals surface area contributed by atoms with Gasteiger partial charge in [-0.1, -0.05) is 42.7 Å². The van der Waals surface area contributed by atoms with Crippen LogP contribution in [-0.2, 0) is 20.7 Å². The monoisotopic (exact) mass is 632 g/mol. The second-order valence-corrected chi connectivity index (χ2v) is 13.7. The van der Waals surface area contributed by atoms with Crippen LogP contribution in [0, 0.1) is 18.8 Å². The zero-order valence-corrected chi connectivity index (χ0v) is 28.0. The lowest BCUT2D eigenvalue weighted by Crippen LogP contribution is -2.56. The molecular formula is C36H48N4O6. The van der Waals surface area contributed by atoms with Gasteiger partial charge < -0.3 is 24.4 Å². The highest BCUT2D eigenvalue weighted by atomic mass is 16.6. The fourth-order valence-electron chi connectivity index (χ4n) is 6.85. The maximum Gasteiger partial charge on any atom is 0.408 e. The van der Waals surface area contributed by atoms with Crippen LogP contribution in [0.5, 0.6) is 11.5 Å². The average molecular weight is 633 g/mol. The number of hydrogen-bond donors (Lipinski definition) is 1. The third-order valence-corrected chi connectivity index (χ3v) is 9.23. The predicted molar refractivity (Wildman–Crippen MR) is 176 cm³/mol. The highest BCUT2D eigenvalue weighted by Crippen LogP contribution is 2.40. The van der Waals surface area contributed by atoms with Crippen molar-refractivity contribution in [2.45, 2.75) is 90.3 Å². The summed E-state index contributed by atoms with van der Waals surface area (Å²) in [4.78, 5) is 42.3. The van der Waals surface area contributed by atoms with Gasteiger partial charge in [-0.15, -0.1) is 0 Å². The number of methoxy groups -OCH3 is 2. The van der Waals surface area contributed by atoms with Crippen molar-refractivity contribution in [2.24, 2.45) is 16.9 Å². The van der Waals surface area contributed by atoms with Gasteiger partial charge in [0.1, 0.15) is 11.6 Å². The van der Waals surface area contributed by atoms with Gasteiger partial charge in [-0.2, -0.15) is 5.10 Å². The maximum atomic E-state index is 13.9. The number of likely N-dealkylation sites (tertiary alicyclic amines) is 1. The molecule has 0 spiro atoms. The molecule has 10 nitrogen and oxygen atoms in total. The van der Waals surface area contributed by atoms with Crippen LogP contribution < -0.4 is 14.8 Å². The van der Waals surface area contributed by atoms with Crippen LogP contribution in [-0.4, -0.2) is 78.5 Å². The SMILES string of the molecule is COc1ccc(C2=NN(C3CCN(C(=O)[C@@H](Cc4ccc(C)cc4)NC(=O)OC(C)(C)C)CC3)C(=O)[C@@H]3CCCC[C@H]23)cc1OC. The van der Waals surface area contributed by atoms with Crippen molar-refractivity contribution < 1.29 is 28.6 Å². The number of amides is 3. The van der Waals surface area contributed by atoms with E-state index in [2.05, 4.69) is 5.32 Å². The fourth-order valence-corrected chi connectivity index (χ4v) is 6.85. The Kier molecular flexibility index (Phi) is 10.2. The van der Waals surface area contributed by atoms with Crippen molar-refractivity contribution in [3.05, 3.63) is 59.2 Å². The molecule has 248 valence electrons. The van der Waals surface area contributed by atoms with E-state index in [4.69, 9.17) is 19.3 Å². The second-order valence-electron chi connectivity index (χ2n) is 13.7. The third-order valence-electron chi connectivity index (χ3n) is 9.23. The number of benzene rings is 2. The van der Waals surface area contributed by atoms with Gasteiger partial charge in [0.2, 0.25) is 11.8 Å². The summed E-state index contributed by atoms with van der Waals surface area (Å²) in [6.07, 6.45) is 4.80. The molecule has 10 heteroatoms. The molecule has 3 atom stereocenters. The van der Waals surface area contributed by atoms with Gasteiger partial charge in [-0.3, -0.25) is 9.59 Å². The molecule has 1 saturated carbocycles. The molecule has 0 aromatic heterocycles. The van der Waals surface area contributed by atoms with Gasteiger partial charge in [-0.05, 0) is 77.1 Å². The van der Waals surface area contributed by atoms with Crippen LogP contribution in [0.3, 0.4) is 0 Å². The van der Waals surface area contributed by atoms with E-state index in [1.54, 1.807) is 44.9 Å². The summed E-state index contributed by atoms with van der Waals surface area (Å²) >= 11 is 0. The first kappa shape index (κ1) is 33.3. The summed E-state index contributed by atoms with van der Waals surface area (Å²) in [7, 11) is 3.23. The first-order valence-electron chi connectivity index (χ1n) is 16.4. The Hall–Kier alpha value is -4.08. The lowest BCUT2D eigenvalue weighted by molar-refractivity contribution is -0.143. The summed E-state index contributed by atoms with van der Waals surface area (Å²) in [6, 6.07) is 12.9. The number of piperidine rings is 1. The molecule has 2 aliphatic heterocycles. The number of rotatable bonds is 8. The first-order chi connectivity index (χ1) is 22.0. The minimum Gasteiger partial charge on any atom is -0.493 e. The zero-order chi connectivity index (χ0) is 33.0. The highest BCUT2D eigenvalue weighted by Gasteiger charge is 2.44. The molecule has 3 amide bonds. The highest BCUT2D eigenvalue weighted by molar-refractivity contribution is 6.07. The number of carbonyl (C=O) groups is 3. The van der Waals surface area contributed by atoms with Gasteiger partial charge in [-0.25, -0.2) is 9.80 Å². The molecule has 2 aromatic rings. The molecule has 1 N–H and O–H groups in total. The van der Waals surface area contributed by atoms with Crippen molar-refractivity contribution in [1.82, 2.24) is 15.2 Å². The number of carbonyl (C=O) groups excluding carboxylic acids is 3. The molecule has 0 radical (unpaired) electrons. The Balaban J connectivity index is 1.33. The number of alkyl carbamates (subject to hydrolysis) is 1. The standard InChI is InChI=1S/C36H48N4O6/c1-23-11-13-24(14-12-23)21-29(37-35(43)46-36(2,3)4)34(42)39-19-17-26(18-20-39)40-33(41)28-10-8-7-9-27(28)32(38-40)25-15-16-30(44-5)31(22-25)45-6/h11-16,22,26-29H,7-10,17-21H2,1-6H3,(H,37,43)/t27-,28+,29+/m0/s1. The van der Waals surface area contributed by atoms with E-state index in [1.807, 2.05) is 49.4 Å². The quantitative estimate of drug-likeness (QED) is 0.412. The van der Waals surface area contributed by atoms with Gasteiger partial charge in [0.15, 0.2) is 11.5 Å². The Morgan fingerprint density at radius 3 is 2.22 bits per heavy atom. The van der Waals surface area contributed by atoms with E-state index in [9.17, 15) is 14.4 Å². The van der Waals surface area contributed by atoms with Crippen molar-refractivity contribution in [2.75, 3.05) is 27.3 Å². The van der Waals surface area contributed by atoms with Crippen molar-refractivity contribution in [3.63, 3.8) is 0 Å². The number of nitrogens with zero attached hydrogens (tertiary/aromatic N) is 3. The van der Waals surface area contributed by atoms with E-state index in [0.717, 1.165) is 48.1 Å². The number of nitrogens with one attached hydrogen (secondary N) is 1. The molecule has 2 fully saturated rings. The summed E-state index contributed by atoms with van der Waals surface area (Å²) in [5.41, 5.74) is 3.25. The van der Waals surface area contributed by atoms with Crippen LogP contribution in [0.1, 0.15) is 76.0 Å². The minimum absolute atomic E-state index is 0.0683. The lowest BCUT2D eigenvalue weighted by atomic mass is 9.73. The topological polar surface area (TPSA) is 110 Å². The Morgan fingerprint density at radius 2 is 1.59 bits per heavy atom. The number of ether oxygens (including phenoxy) is 3. The third kappa shape index (κ3) is 7.65. The average Bonchev–Trinajstić information content (AvgIpc) is 3.04. The molecule has 5 rings (SSSR count). The summed E-state index contributed by atoms with van der Waals surface area (Å²) in [5.74, 6) is 1.17. The van der Waals surface area contributed by atoms with Crippen molar-refractivity contribution in [1.29, 1.82) is 0 Å². The maximum absolute atomic E-state index is 13.9. The smallest absolute Gasteiger partial charge is 0.408 e. The van der Waals surface area contributed by atoms with Crippen LogP contribution >= 0.6 is 0 Å². The van der Waals surface area contributed by atoms with Gasteiger partial charge >= 0.3 is 6.09 Å². The van der Waals surface area contributed by atoms with E-state index in [1.165, 1.54) is 0 Å². The van der Waals surface area contributed by atoms with Crippen LogP contribution in [0.15, 0.2) is 47.6 Å². The van der Waals surface area contributed by atoms with E-state index in [-0.39, 0.29) is 29.7 Å². The molecule has 0 bridgehead atoms. The Morgan fingerprint density at radius 1 is 0.935 bits per heavy atom. The Labute approximate surface area is 272 Å². The zero-order valence-electron chi connectivity index (χ0n) is 28.0. The summed E-state index contributed by atoms with van der Waals surface area (Å²) in [6.45, 7) is 8.32. The lowest BCUT2D eigenvalue weighted by Gasteiger charge is -2.43. The van der Waals surface area contributed by atoms with Gasteiger partial charge in [0.05, 0.1) is 26.0 Å². The number of hydrogen-bond acceptors (Lipinski definition) is 7. The summed E-state index contributed by atoms with van der Waals surface area (Å²) in [5, 5.41) is 9.58. The van der Waals surface area contributed by atoms with Crippen molar-refractivity contribution in [3.8, 4) is 11.5 Å². The second kappa shape index (κ2) is 14.1. The normalized spacial score (nSPS) is 21.2. The number of hydrazone groups is 1. The van der Waals surface area contributed by atoms with Crippen molar-refractivity contribution >= 4 is 23.6 Å². The predicted octanol–water partition coefficient (Wildman–Crippen LogP) is 5.49. The fraction of sp³-hybridized carbons (Fsp3) is 0.556. The Bertz CT molecular complexity index is 1440. The first-order valence-corrected chi connectivity index (χ1v) is 16.4. The van der Waals surface area contributed by atoms with Crippen LogP contribution in [0.25, 0.3) is 0 Å². The molecule has 2 heterocycles. The van der Waals surface area contributed by atoms with Crippen LogP contribution in [0.2, 0.25) is 0 Å². The molecular weight excluding hydrogens is 584 g/mol. The molecule has 0 unspecified atom stereocenters. The number of fused-ring (bicyclic) bond motifs is 1. The summed E-state index contributed by atoms with van der Waals surface area (Å²) < 4.78 is 16.5. The molecule has 1 saturated heterocycles. The number of aryl methyl sites for hydroxylation is 1. The van der Waals surface area contributed by atoms with E-state index in [0.29, 0.717) is 43.9 Å². The molecule has 2 aromatic carbocycles. The molecule has 1 aliphatic carbocycles. The molecule has 46 heavy (non-hydrogen) atoms. The minimum atomic E-state index is -0.775. The molecule has 3 aliphatic rings. The van der Waals surface area contributed by atoms with Gasteiger partial charge in [0.25, 0.3) is 0 Å². The van der Waals surface area contributed by atoms with Crippen LogP contribution in [0.4, 0.5) is 4.79 Å². The van der Waals surface area contributed by atoms with Gasteiger partial charge in [0, 0.05) is 36.9 Å². The largest absolute Gasteiger partial charge is 0.493 e. The van der Waals surface area contributed by atoms with E-state index < -0.39 is 17.7 Å². The van der Waals surface area contributed by atoms with E-state index >= 15 is 0 Å².